The molecule has 0 bridgehead atoms. The molecule has 6 heterocycles. The van der Waals surface area contributed by atoms with Gasteiger partial charge >= 0.3 is 12.1 Å². The van der Waals surface area contributed by atoms with Gasteiger partial charge in [0, 0.05) is 112 Å². The first-order valence-electron chi connectivity index (χ1n) is 23.9. The van der Waals surface area contributed by atoms with Crippen LogP contribution in [0.2, 0.25) is 0 Å². The summed E-state index contributed by atoms with van der Waals surface area (Å²) in [6.45, 7) is 12.0. The molecule has 0 spiro atoms. The van der Waals surface area contributed by atoms with E-state index in [2.05, 4.69) is 22.0 Å². The number of nitriles is 1. The largest absolute Gasteiger partial charge is 0.490 e. The van der Waals surface area contributed by atoms with Crippen molar-refractivity contribution >= 4 is 24.3 Å². The third kappa shape index (κ3) is 23.2. The van der Waals surface area contributed by atoms with E-state index >= 15 is 0 Å². The highest BCUT2D eigenvalue weighted by Crippen LogP contribution is 2.44. The third-order valence-electron chi connectivity index (χ3n) is 13.3. The topological polar surface area (TPSA) is 368 Å². The van der Waals surface area contributed by atoms with Crippen molar-refractivity contribution < 1.29 is 116 Å². The van der Waals surface area contributed by atoms with Crippen LogP contribution in [0, 0.1) is 35.0 Å². The Morgan fingerprint density at radius 3 is 1.38 bits per heavy atom. The Morgan fingerprint density at radius 2 is 1.01 bits per heavy atom. The van der Waals surface area contributed by atoms with Gasteiger partial charge in [0.15, 0.2) is 6.29 Å². The summed E-state index contributed by atoms with van der Waals surface area (Å²) in [4.78, 5) is 17.9. The van der Waals surface area contributed by atoms with Crippen LogP contribution in [0.25, 0.3) is 0 Å². The van der Waals surface area contributed by atoms with E-state index in [1.807, 2.05) is 30.3 Å². The first kappa shape index (κ1) is 83.4. The van der Waals surface area contributed by atoms with Gasteiger partial charge in [0.1, 0.15) is 18.3 Å². The molecular formula is C51H96ClF3N4O21. The lowest BCUT2D eigenvalue weighted by Crippen LogP contribution is -2.70. The zero-order valence-corrected chi connectivity index (χ0v) is 44.9. The number of hydrogen-bond donors (Lipinski definition) is 12. The van der Waals surface area contributed by atoms with E-state index in [9.17, 15) is 33.8 Å². The molecule has 1 aromatic carbocycles. The van der Waals surface area contributed by atoms with Crippen molar-refractivity contribution in [2.24, 2.45) is 23.7 Å². The van der Waals surface area contributed by atoms with Crippen LogP contribution in [0.1, 0.15) is 69.9 Å². The molecule has 1 aromatic rings. The van der Waals surface area contributed by atoms with Crippen molar-refractivity contribution in [2.45, 2.75) is 155 Å². The van der Waals surface area contributed by atoms with Gasteiger partial charge in [-0.05, 0) is 33.3 Å². The Hall–Kier alpha value is -3.07. The minimum Gasteiger partial charge on any atom is -0.481 e. The first-order valence-corrected chi connectivity index (χ1v) is 23.9. The number of alkyl halides is 3. The number of nitrogens with zero attached hydrogens (tertiary/aromatic N) is 1. The zero-order chi connectivity index (χ0) is 57.0. The van der Waals surface area contributed by atoms with E-state index in [4.69, 9.17) is 87.6 Å². The highest BCUT2D eigenvalue weighted by atomic mass is 35.5. The molecule has 6 aliphatic heterocycles. The molecule has 6 saturated heterocycles. The van der Waals surface area contributed by atoms with E-state index in [-0.39, 0.29) is 98.5 Å². The number of ether oxygens (including phenoxy) is 10. The van der Waals surface area contributed by atoms with E-state index in [1.54, 1.807) is 41.9 Å². The second-order valence-electron chi connectivity index (χ2n) is 18.5. The molecule has 0 saturated carbocycles. The Bertz CT molecular complexity index is 1850. The van der Waals surface area contributed by atoms with Crippen LogP contribution < -0.4 is 16.0 Å². The number of carboxylic acid groups (broad SMARTS) is 2. The van der Waals surface area contributed by atoms with Crippen LogP contribution in [0.5, 0.6) is 0 Å². The lowest BCUT2D eigenvalue weighted by atomic mass is 9.91. The van der Waals surface area contributed by atoms with E-state index in [0.717, 1.165) is 12.5 Å². The summed E-state index contributed by atoms with van der Waals surface area (Å²) in [5, 5.41) is 96.3. The number of carboxylic acids is 2. The van der Waals surface area contributed by atoms with Crippen LogP contribution >= 0.6 is 12.4 Å². The summed E-state index contributed by atoms with van der Waals surface area (Å²) in [5.41, 5.74) is 1.02. The molecular weight excluding hydrogens is 1100 g/mol. The fourth-order valence-electron chi connectivity index (χ4n) is 8.17. The quantitative estimate of drug-likeness (QED) is 0.158. The predicted molar refractivity (Wildman–Crippen MR) is 287 cm³/mol. The lowest BCUT2D eigenvalue weighted by molar-refractivity contribution is -0.475. The van der Waals surface area contributed by atoms with Crippen molar-refractivity contribution in [3.8, 4) is 6.07 Å². The summed E-state index contributed by atoms with van der Waals surface area (Å²) in [6, 6.07) is 12.0. The molecule has 7 rings (SSSR count). The number of nitrogens with one attached hydrogen (secondary N) is 3. The number of hydrogen-bond acceptors (Lipinski definition) is 23. The van der Waals surface area contributed by atoms with Crippen molar-refractivity contribution in [1.29, 1.82) is 5.26 Å². The molecule has 0 unspecified atom stereocenters. The van der Waals surface area contributed by atoms with Crippen LogP contribution in [0.15, 0.2) is 30.3 Å². The Labute approximate surface area is 475 Å². The fourth-order valence-corrected chi connectivity index (χ4v) is 8.17. The number of carbonyl (C=O) groups is 2. The van der Waals surface area contributed by atoms with Crippen molar-refractivity contribution in [3.05, 3.63) is 35.9 Å². The smallest absolute Gasteiger partial charge is 0.481 e. The monoisotopic (exact) mass is 1190 g/mol. The highest BCUT2D eigenvalue weighted by molar-refractivity contribution is 5.85. The predicted octanol–water partition coefficient (Wildman–Crippen LogP) is 1.45. The normalized spacial score (nSPS) is 35.6. The maximum atomic E-state index is 10.6. The van der Waals surface area contributed by atoms with Crippen LogP contribution in [-0.2, 0) is 63.6 Å². The average molecular weight is 1190 g/mol. The molecule has 6 fully saturated rings. The van der Waals surface area contributed by atoms with Gasteiger partial charge < -0.3 is 109 Å². The molecule has 0 radical (unpaired) electrons. The van der Waals surface area contributed by atoms with Crippen molar-refractivity contribution in [2.75, 3.05) is 94.1 Å². The molecule has 474 valence electrons. The summed E-state index contributed by atoms with van der Waals surface area (Å²) in [6.07, 6.45) is -10.3. The number of methoxy groups -OCH3 is 4. The van der Waals surface area contributed by atoms with Gasteiger partial charge in [-0.3, -0.25) is 4.79 Å². The second-order valence-corrected chi connectivity index (χ2v) is 18.5. The standard InChI is InChI=1S/C19H25NO6.C12H23NO5.2C6H13NO3.C2HF3O2.C2H4O2.4CH4.ClH/c1-18(21-3)19(2,22-4)26-16-15(25-18)14(10-20)12-24-17(16)23-11-13-8-6-5-7-9-13;1-11(15-3)12(2,16-4)18-10-8(7-14)5-13-6-9(10)17-11;2*8-3-4-1-7-2-5(9)6(4)10;3-2(4,5)1(6)7;1-2(3)4;;;;;/h5-9,14-17H,11-12H2,1-4H3;8-10,13-14H,5-7H2,1-4H3;2*4-10H,1-3H2;(H,6,7);1H3,(H,3,4);4*1H4;1H/t14-,15-,16+,17-,18+,19+;8-,9-,10-,11+,12+;2*4-,5-,6-;;;;;;;/m1111......./s1. The number of benzene rings is 1. The van der Waals surface area contributed by atoms with E-state index < -0.39 is 90.1 Å². The molecule has 12 N–H and O–H groups in total. The SMILES string of the molecule is C.C.C.C.CC(=O)O.CO[C@@]1(C)O[C@@H]2[C@@H](CO)CNC[C@H]2O[C@]1(C)OC.CO[C@@]1(C)O[C@@H]2[C@H](OCc3ccccc3)OC[C@@H](C#N)[C@H]2O[C@]1(C)OC.Cl.O=C(O)C(F)(F)F.OC[C@H]1CNC[C@@H](O)[C@@H]1O.OC[C@H]1CNC[C@@H](O)[C@@H]1O. The minimum atomic E-state index is -5.08. The second kappa shape index (κ2) is 38.7. The maximum absolute atomic E-state index is 10.6. The number of fused-ring (bicyclic) bond motifs is 2. The fraction of sp³-hybridized carbons (Fsp3) is 0.824. The molecule has 0 aromatic heterocycles. The minimum absolute atomic E-state index is 0. The number of aliphatic hydroxyl groups excluding tert-OH is 7. The summed E-state index contributed by atoms with van der Waals surface area (Å²) < 4.78 is 89.9. The Balaban J connectivity index is -0.000000468. The Morgan fingerprint density at radius 1 is 0.650 bits per heavy atom. The number of halogens is 4. The summed E-state index contributed by atoms with van der Waals surface area (Å²) in [7, 11) is 6.17. The van der Waals surface area contributed by atoms with Gasteiger partial charge in [-0.2, -0.15) is 18.4 Å². The highest BCUT2D eigenvalue weighted by Gasteiger charge is 2.62. The first-order chi connectivity index (χ1) is 35.1. The number of piperidine rings is 3. The van der Waals surface area contributed by atoms with Crippen LogP contribution in [0.3, 0.4) is 0 Å². The molecule has 17 atom stereocenters. The summed E-state index contributed by atoms with van der Waals surface area (Å²) in [5.74, 6) is -8.83. The number of rotatable bonds is 10. The average Bonchev–Trinajstić information content (AvgIpc) is 3.38. The van der Waals surface area contributed by atoms with Gasteiger partial charge in [-0.1, -0.05) is 60.0 Å². The molecule has 0 amide bonds. The van der Waals surface area contributed by atoms with Crippen LogP contribution in [0.4, 0.5) is 13.2 Å². The summed E-state index contributed by atoms with van der Waals surface area (Å²) >= 11 is 0. The van der Waals surface area contributed by atoms with E-state index in [0.29, 0.717) is 45.9 Å². The van der Waals surface area contributed by atoms with Crippen molar-refractivity contribution in [3.63, 3.8) is 0 Å². The molecule has 80 heavy (non-hydrogen) atoms. The van der Waals surface area contributed by atoms with Gasteiger partial charge in [0.05, 0.1) is 55.7 Å². The lowest BCUT2D eigenvalue weighted by Gasteiger charge is -2.55. The molecule has 0 aliphatic carbocycles. The third-order valence-corrected chi connectivity index (χ3v) is 13.3. The number of aliphatic carboxylic acids is 2. The van der Waals surface area contributed by atoms with Crippen molar-refractivity contribution in [1.82, 2.24) is 16.0 Å². The van der Waals surface area contributed by atoms with Gasteiger partial charge in [-0.25, -0.2) is 4.79 Å². The molecule has 25 nitrogen and oxygen atoms in total. The van der Waals surface area contributed by atoms with Gasteiger partial charge in [-0.15, -0.1) is 12.4 Å². The molecule has 29 heteroatoms. The number of β-amino-alcohol motifs (C(OH)–C–C–N with tert-alkyl or cyclic N) is 2. The molecule has 6 aliphatic rings. The van der Waals surface area contributed by atoms with E-state index in [1.165, 1.54) is 14.2 Å². The van der Waals surface area contributed by atoms with Gasteiger partial charge in [0.25, 0.3) is 5.97 Å². The Kier molecular flexibility index (Phi) is 40.4. The maximum Gasteiger partial charge on any atom is 0.490 e. The zero-order valence-electron chi connectivity index (χ0n) is 44.1. The van der Waals surface area contributed by atoms with Crippen LogP contribution in [-0.4, -0.2) is 236 Å². The van der Waals surface area contributed by atoms with Gasteiger partial charge in [0.2, 0.25) is 23.1 Å². The number of aliphatic hydroxyl groups is 7.